The van der Waals surface area contributed by atoms with Crippen molar-refractivity contribution < 1.29 is 9.18 Å². The Morgan fingerprint density at radius 1 is 1.25 bits per heavy atom. The van der Waals surface area contributed by atoms with E-state index in [0.29, 0.717) is 4.47 Å². The third-order valence-corrected chi connectivity index (χ3v) is 3.55. The number of benzene rings is 2. The van der Waals surface area contributed by atoms with Crippen LogP contribution < -0.4 is 5.32 Å². The van der Waals surface area contributed by atoms with Gasteiger partial charge in [-0.25, -0.2) is 4.39 Å². The van der Waals surface area contributed by atoms with Crippen LogP contribution in [-0.4, -0.2) is 11.8 Å². The second-order valence-corrected chi connectivity index (χ2v) is 5.47. The van der Waals surface area contributed by atoms with Gasteiger partial charge < -0.3 is 5.32 Å². The lowest BCUT2D eigenvalue weighted by Crippen LogP contribution is -2.29. The van der Waals surface area contributed by atoms with Gasteiger partial charge >= 0.3 is 0 Å². The van der Waals surface area contributed by atoms with E-state index in [1.165, 1.54) is 12.1 Å². The minimum Gasteiger partial charge on any atom is -0.344 e. The van der Waals surface area contributed by atoms with Crippen molar-refractivity contribution in [3.05, 3.63) is 69.9 Å². The first-order chi connectivity index (χ1) is 9.60. The molecule has 0 saturated carbocycles. The molecule has 0 aliphatic rings. The highest BCUT2D eigenvalue weighted by molar-refractivity contribution is 9.10. The number of alkyl halides is 1. The van der Waals surface area contributed by atoms with E-state index in [9.17, 15) is 9.18 Å². The highest BCUT2D eigenvalue weighted by Gasteiger charge is 2.15. The lowest BCUT2D eigenvalue weighted by molar-refractivity contribution is 0.0940. The molecule has 1 unspecified atom stereocenters. The molecule has 0 saturated heterocycles. The standard InChI is InChI=1S/C15H12BrClFNO/c16-12-6-11(7-13(18)8-12)15(20)19-14(9-17)10-4-2-1-3-5-10/h1-8,14H,9H2,(H,19,20). The largest absolute Gasteiger partial charge is 0.344 e. The minimum atomic E-state index is -0.466. The third kappa shape index (κ3) is 3.81. The van der Waals surface area contributed by atoms with Crippen molar-refractivity contribution in [2.45, 2.75) is 6.04 Å². The Bertz CT molecular complexity index is 586. The average molecular weight is 357 g/mol. The van der Waals surface area contributed by atoms with Crippen molar-refractivity contribution in [1.82, 2.24) is 5.32 Å². The number of hydrogen-bond acceptors (Lipinski definition) is 1. The van der Waals surface area contributed by atoms with Gasteiger partial charge in [-0.3, -0.25) is 4.79 Å². The van der Waals surface area contributed by atoms with Gasteiger partial charge in [-0.15, -0.1) is 11.6 Å². The summed E-state index contributed by atoms with van der Waals surface area (Å²) < 4.78 is 13.8. The van der Waals surface area contributed by atoms with Crippen LogP contribution in [0.3, 0.4) is 0 Å². The molecule has 0 radical (unpaired) electrons. The summed E-state index contributed by atoms with van der Waals surface area (Å²) in [6.07, 6.45) is 0. The Balaban J connectivity index is 2.17. The molecular formula is C15H12BrClFNO. The summed E-state index contributed by atoms with van der Waals surface area (Å²) in [5.41, 5.74) is 1.16. The molecule has 1 N–H and O–H groups in total. The maximum absolute atomic E-state index is 13.3. The third-order valence-electron chi connectivity index (χ3n) is 2.79. The Kier molecular flexibility index (Phi) is 5.15. The zero-order valence-corrected chi connectivity index (χ0v) is 12.8. The number of nitrogens with one attached hydrogen (secondary N) is 1. The minimum absolute atomic E-state index is 0.242. The molecule has 1 atom stereocenters. The second kappa shape index (κ2) is 6.86. The van der Waals surface area contributed by atoms with Crippen molar-refractivity contribution in [1.29, 1.82) is 0 Å². The molecule has 0 heterocycles. The average Bonchev–Trinajstić information content (AvgIpc) is 2.44. The monoisotopic (exact) mass is 355 g/mol. The lowest BCUT2D eigenvalue weighted by Gasteiger charge is -2.16. The van der Waals surface area contributed by atoms with Crippen molar-refractivity contribution in [2.75, 3.05) is 5.88 Å². The molecule has 0 spiro atoms. The smallest absolute Gasteiger partial charge is 0.251 e. The van der Waals surface area contributed by atoms with Gasteiger partial charge in [-0.2, -0.15) is 0 Å². The first-order valence-electron chi connectivity index (χ1n) is 5.98. The van der Waals surface area contributed by atoms with Gasteiger partial charge in [0, 0.05) is 15.9 Å². The summed E-state index contributed by atoms with van der Waals surface area (Å²) in [6, 6.07) is 13.1. The molecule has 0 fully saturated rings. The van der Waals surface area contributed by atoms with Crippen LogP contribution >= 0.6 is 27.5 Å². The van der Waals surface area contributed by atoms with E-state index in [1.807, 2.05) is 30.3 Å². The Morgan fingerprint density at radius 3 is 2.55 bits per heavy atom. The van der Waals surface area contributed by atoms with Crippen molar-refractivity contribution in [3.63, 3.8) is 0 Å². The van der Waals surface area contributed by atoms with Crippen molar-refractivity contribution in [2.24, 2.45) is 0 Å². The Labute approximate surface area is 130 Å². The highest BCUT2D eigenvalue weighted by Crippen LogP contribution is 2.18. The molecule has 0 aromatic heterocycles. The van der Waals surface area contributed by atoms with Crippen LogP contribution in [0.2, 0.25) is 0 Å². The van der Waals surface area contributed by atoms with Gasteiger partial charge in [0.15, 0.2) is 0 Å². The fourth-order valence-electron chi connectivity index (χ4n) is 1.82. The first kappa shape index (κ1) is 15.0. The number of halogens is 3. The van der Waals surface area contributed by atoms with Gasteiger partial charge in [0.1, 0.15) is 5.82 Å². The van der Waals surface area contributed by atoms with Crippen LogP contribution in [0.4, 0.5) is 4.39 Å². The summed E-state index contributed by atoms with van der Waals surface area (Å²) >= 11 is 9.06. The molecule has 5 heteroatoms. The molecule has 20 heavy (non-hydrogen) atoms. The van der Waals surface area contributed by atoms with Gasteiger partial charge in [-0.05, 0) is 23.8 Å². The van der Waals surface area contributed by atoms with Gasteiger partial charge in [-0.1, -0.05) is 46.3 Å². The number of amides is 1. The van der Waals surface area contributed by atoms with E-state index in [0.717, 1.165) is 5.56 Å². The van der Waals surface area contributed by atoms with Gasteiger partial charge in [0.05, 0.1) is 6.04 Å². The SMILES string of the molecule is O=C(NC(CCl)c1ccccc1)c1cc(F)cc(Br)c1. The van der Waals surface area contributed by atoms with Crippen LogP contribution in [0.5, 0.6) is 0 Å². The molecule has 104 valence electrons. The number of carbonyl (C=O) groups is 1. The predicted octanol–water partition coefficient (Wildman–Crippen LogP) is 4.30. The highest BCUT2D eigenvalue weighted by atomic mass is 79.9. The second-order valence-electron chi connectivity index (χ2n) is 4.25. The number of rotatable bonds is 4. The summed E-state index contributed by atoms with van der Waals surface area (Å²) in [7, 11) is 0. The van der Waals surface area contributed by atoms with Crippen LogP contribution in [0, 0.1) is 5.82 Å². The molecular weight excluding hydrogens is 345 g/mol. The quantitative estimate of drug-likeness (QED) is 0.813. The van der Waals surface area contributed by atoms with E-state index < -0.39 is 5.82 Å². The first-order valence-corrected chi connectivity index (χ1v) is 7.31. The summed E-state index contributed by atoms with van der Waals surface area (Å²) in [5, 5.41) is 2.80. The van der Waals surface area contributed by atoms with Crippen molar-refractivity contribution >= 4 is 33.4 Å². The molecule has 2 aromatic carbocycles. The molecule has 2 rings (SSSR count). The maximum atomic E-state index is 13.3. The molecule has 2 aromatic rings. The summed E-state index contributed by atoms with van der Waals surface area (Å²) in [6.45, 7) is 0. The number of carbonyl (C=O) groups excluding carboxylic acids is 1. The normalized spacial score (nSPS) is 11.9. The van der Waals surface area contributed by atoms with Gasteiger partial charge in [0.2, 0.25) is 0 Å². The maximum Gasteiger partial charge on any atom is 0.251 e. The zero-order valence-electron chi connectivity index (χ0n) is 10.4. The summed E-state index contributed by atoms with van der Waals surface area (Å²) in [4.78, 5) is 12.1. The zero-order chi connectivity index (χ0) is 14.5. The number of hydrogen-bond donors (Lipinski definition) is 1. The summed E-state index contributed by atoms with van der Waals surface area (Å²) in [5.74, 6) is -0.585. The molecule has 0 aliphatic carbocycles. The molecule has 0 bridgehead atoms. The van der Waals surface area contributed by atoms with E-state index in [-0.39, 0.29) is 23.4 Å². The molecule has 2 nitrogen and oxygen atoms in total. The topological polar surface area (TPSA) is 29.1 Å². The fourth-order valence-corrected chi connectivity index (χ4v) is 2.54. The Morgan fingerprint density at radius 2 is 1.95 bits per heavy atom. The van der Waals surface area contributed by atoms with Crippen LogP contribution in [0.1, 0.15) is 22.0 Å². The van der Waals surface area contributed by atoms with E-state index >= 15 is 0 Å². The molecule has 1 amide bonds. The fraction of sp³-hybridized carbons (Fsp3) is 0.133. The predicted molar refractivity (Wildman–Crippen MR) is 81.5 cm³/mol. The lowest BCUT2D eigenvalue weighted by atomic mass is 10.1. The van der Waals surface area contributed by atoms with Crippen molar-refractivity contribution in [3.8, 4) is 0 Å². The molecule has 0 aliphatic heterocycles. The van der Waals surface area contributed by atoms with Crippen LogP contribution in [0.15, 0.2) is 53.0 Å². The van der Waals surface area contributed by atoms with Gasteiger partial charge in [0.25, 0.3) is 5.91 Å². The van der Waals surface area contributed by atoms with E-state index in [4.69, 9.17) is 11.6 Å². The van der Waals surface area contributed by atoms with Crippen LogP contribution in [0.25, 0.3) is 0 Å². The van der Waals surface area contributed by atoms with E-state index in [2.05, 4.69) is 21.2 Å². The van der Waals surface area contributed by atoms with Crippen LogP contribution in [-0.2, 0) is 0 Å². The van der Waals surface area contributed by atoms with E-state index in [1.54, 1.807) is 6.07 Å². The Hall–Kier alpha value is -1.39.